The zero-order valence-corrected chi connectivity index (χ0v) is 13.0. The number of ether oxygens (including phenoxy) is 1. The lowest BCUT2D eigenvalue weighted by Crippen LogP contribution is -2.26. The zero-order valence-electron chi connectivity index (χ0n) is 13.0. The molecule has 0 atom stereocenters. The highest BCUT2D eigenvalue weighted by atomic mass is 19.1. The van der Waals surface area contributed by atoms with Crippen LogP contribution in [0.5, 0.6) is 0 Å². The van der Waals surface area contributed by atoms with E-state index in [0.717, 1.165) is 0 Å². The van der Waals surface area contributed by atoms with E-state index in [4.69, 9.17) is 9.84 Å². The van der Waals surface area contributed by atoms with Crippen LogP contribution >= 0.6 is 0 Å². The molecule has 0 aliphatic rings. The summed E-state index contributed by atoms with van der Waals surface area (Å²) in [4.78, 5) is 22.7. The molecule has 0 fully saturated rings. The van der Waals surface area contributed by atoms with E-state index in [0.29, 0.717) is 5.56 Å². The van der Waals surface area contributed by atoms with Gasteiger partial charge in [0.25, 0.3) is 0 Å². The minimum atomic E-state index is -1.34. The third-order valence-electron chi connectivity index (χ3n) is 2.88. The number of halogens is 1. The molecule has 2 aromatic rings. The molecule has 0 aliphatic heterocycles. The van der Waals surface area contributed by atoms with Crippen molar-refractivity contribution in [3.8, 4) is 11.1 Å². The smallest absolute Gasteiger partial charge is 0.338 e. The first-order valence-electron chi connectivity index (χ1n) is 6.94. The van der Waals surface area contributed by atoms with Gasteiger partial charge < -0.3 is 9.84 Å². The van der Waals surface area contributed by atoms with Crippen molar-refractivity contribution < 1.29 is 23.8 Å². The minimum absolute atomic E-state index is 0.111. The Kier molecular flexibility index (Phi) is 4.49. The van der Waals surface area contributed by atoms with Crippen molar-refractivity contribution in [1.82, 2.24) is 9.78 Å². The van der Waals surface area contributed by atoms with Crippen LogP contribution in [0.2, 0.25) is 0 Å². The molecule has 1 heterocycles. The number of carboxylic acids is 1. The maximum Gasteiger partial charge on any atom is 0.338 e. The number of nitrogens with zero attached hydrogens (tertiary/aromatic N) is 2. The molecule has 7 heteroatoms. The van der Waals surface area contributed by atoms with Gasteiger partial charge in [-0.3, -0.25) is 9.48 Å². The summed E-state index contributed by atoms with van der Waals surface area (Å²) < 4.78 is 20.7. The molecular formula is C16H17FN2O4. The molecule has 0 unspecified atom stereocenters. The third-order valence-corrected chi connectivity index (χ3v) is 2.88. The Morgan fingerprint density at radius 1 is 1.35 bits per heavy atom. The first kappa shape index (κ1) is 16.7. The second kappa shape index (κ2) is 6.20. The van der Waals surface area contributed by atoms with Gasteiger partial charge in [0.1, 0.15) is 18.0 Å². The topological polar surface area (TPSA) is 81.4 Å². The fraction of sp³-hybridized carbons (Fsp3) is 0.312. The van der Waals surface area contributed by atoms with Gasteiger partial charge in [0.05, 0.1) is 11.8 Å². The van der Waals surface area contributed by atoms with Crippen LogP contribution in [0.3, 0.4) is 0 Å². The fourth-order valence-electron chi connectivity index (χ4n) is 2.02. The quantitative estimate of drug-likeness (QED) is 0.876. The zero-order chi connectivity index (χ0) is 17.2. The molecule has 1 aromatic heterocycles. The van der Waals surface area contributed by atoms with Crippen LogP contribution in [0.4, 0.5) is 4.39 Å². The van der Waals surface area contributed by atoms with Crippen LogP contribution in [0.1, 0.15) is 31.1 Å². The molecule has 23 heavy (non-hydrogen) atoms. The number of esters is 1. The molecule has 0 saturated carbocycles. The lowest BCUT2D eigenvalue weighted by atomic mass is 10.1. The number of aromatic carboxylic acids is 1. The van der Waals surface area contributed by atoms with Crippen molar-refractivity contribution in [3.63, 3.8) is 0 Å². The fourth-order valence-corrected chi connectivity index (χ4v) is 2.02. The number of hydrogen-bond donors (Lipinski definition) is 1. The normalized spacial score (nSPS) is 11.3. The molecule has 1 aromatic carbocycles. The molecule has 0 saturated heterocycles. The van der Waals surface area contributed by atoms with Crippen molar-refractivity contribution in [2.45, 2.75) is 32.9 Å². The molecule has 0 radical (unpaired) electrons. The van der Waals surface area contributed by atoms with Gasteiger partial charge in [0.2, 0.25) is 0 Å². The van der Waals surface area contributed by atoms with Crippen LogP contribution < -0.4 is 0 Å². The SMILES string of the molecule is CC(C)(C)OC(=O)Cn1cc(-c2cccc(C(=O)O)c2F)cn1. The van der Waals surface area contributed by atoms with Gasteiger partial charge in [-0.15, -0.1) is 0 Å². The highest BCUT2D eigenvalue weighted by Crippen LogP contribution is 2.24. The first-order valence-corrected chi connectivity index (χ1v) is 6.94. The number of rotatable bonds is 4. The summed E-state index contributed by atoms with van der Waals surface area (Å²) in [5.41, 5.74) is -0.522. The van der Waals surface area contributed by atoms with Crippen molar-refractivity contribution >= 4 is 11.9 Å². The standard InChI is InChI=1S/C16H17FN2O4/c1-16(2,3)23-13(20)9-19-8-10(7-18-19)11-5-4-6-12(14(11)17)15(21)22/h4-8H,9H2,1-3H3,(H,21,22). The molecule has 6 nitrogen and oxygen atoms in total. The molecule has 0 aliphatic carbocycles. The van der Waals surface area contributed by atoms with Crippen LogP contribution in [0.15, 0.2) is 30.6 Å². The lowest BCUT2D eigenvalue weighted by Gasteiger charge is -2.19. The van der Waals surface area contributed by atoms with Crippen molar-refractivity contribution in [3.05, 3.63) is 42.0 Å². The van der Waals surface area contributed by atoms with E-state index in [2.05, 4.69) is 5.10 Å². The average Bonchev–Trinajstić information content (AvgIpc) is 2.84. The average molecular weight is 320 g/mol. The molecule has 122 valence electrons. The third kappa shape index (κ3) is 4.15. The molecule has 1 N–H and O–H groups in total. The lowest BCUT2D eigenvalue weighted by molar-refractivity contribution is -0.155. The van der Waals surface area contributed by atoms with Crippen molar-refractivity contribution in [1.29, 1.82) is 0 Å². The van der Waals surface area contributed by atoms with Crippen LogP contribution in [0.25, 0.3) is 11.1 Å². The van der Waals surface area contributed by atoms with Crippen LogP contribution in [-0.2, 0) is 16.1 Å². The Hall–Kier alpha value is -2.70. The maximum atomic E-state index is 14.2. The Labute approximate surface area is 132 Å². The number of carbonyl (C=O) groups is 2. The van der Waals surface area contributed by atoms with E-state index in [1.807, 2.05) is 0 Å². The summed E-state index contributed by atoms with van der Waals surface area (Å²) in [5.74, 6) is -2.64. The highest BCUT2D eigenvalue weighted by molar-refractivity contribution is 5.89. The number of benzene rings is 1. The van der Waals surface area contributed by atoms with Gasteiger partial charge in [-0.1, -0.05) is 12.1 Å². The van der Waals surface area contributed by atoms with Gasteiger partial charge in [-0.25, -0.2) is 9.18 Å². The van der Waals surface area contributed by atoms with Gasteiger partial charge in [0.15, 0.2) is 0 Å². The van der Waals surface area contributed by atoms with Crippen molar-refractivity contribution in [2.24, 2.45) is 0 Å². The van der Waals surface area contributed by atoms with E-state index in [1.54, 1.807) is 20.8 Å². The van der Waals surface area contributed by atoms with Crippen LogP contribution in [-0.4, -0.2) is 32.4 Å². The second-order valence-corrected chi connectivity index (χ2v) is 5.99. The molecule has 0 amide bonds. The number of carboxylic acid groups (broad SMARTS) is 1. The summed E-state index contributed by atoms with van der Waals surface area (Å²) in [6, 6.07) is 4.09. The maximum absolute atomic E-state index is 14.2. The van der Waals surface area contributed by atoms with E-state index in [1.165, 1.54) is 35.3 Å². The predicted octanol–water partition coefficient (Wildman–Crippen LogP) is 2.73. The number of hydrogen-bond acceptors (Lipinski definition) is 4. The Morgan fingerprint density at radius 3 is 2.65 bits per heavy atom. The van der Waals surface area contributed by atoms with Gasteiger partial charge in [0, 0.05) is 17.3 Å². The van der Waals surface area contributed by atoms with Gasteiger partial charge in [-0.2, -0.15) is 5.10 Å². The largest absolute Gasteiger partial charge is 0.478 e. The molecule has 0 spiro atoms. The predicted molar refractivity (Wildman–Crippen MR) is 80.4 cm³/mol. The summed E-state index contributed by atoms with van der Waals surface area (Å²) >= 11 is 0. The van der Waals surface area contributed by atoms with Crippen molar-refractivity contribution in [2.75, 3.05) is 0 Å². The number of carbonyl (C=O) groups excluding carboxylic acids is 1. The first-order chi connectivity index (χ1) is 10.7. The summed E-state index contributed by atoms with van der Waals surface area (Å²) in [6.45, 7) is 5.15. The number of aromatic nitrogens is 2. The summed E-state index contributed by atoms with van der Waals surface area (Å²) in [6.07, 6.45) is 2.84. The van der Waals surface area contributed by atoms with Crippen LogP contribution in [0, 0.1) is 5.82 Å². The Bertz CT molecular complexity index is 747. The summed E-state index contributed by atoms with van der Waals surface area (Å²) in [7, 11) is 0. The Morgan fingerprint density at radius 2 is 2.04 bits per heavy atom. The molecular weight excluding hydrogens is 303 g/mol. The molecule has 2 rings (SSSR count). The van der Waals surface area contributed by atoms with E-state index >= 15 is 0 Å². The highest BCUT2D eigenvalue weighted by Gasteiger charge is 2.18. The second-order valence-electron chi connectivity index (χ2n) is 5.99. The van der Waals surface area contributed by atoms with E-state index in [-0.39, 0.29) is 12.1 Å². The van der Waals surface area contributed by atoms with E-state index < -0.39 is 28.9 Å². The van der Waals surface area contributed by atoms with Gasteiger partial charge in [-0.05, 0) is 26.8 Å². The van der Waals surface area contributed by atoms with E-state index in [9.17, 15) is 14.0 Å². The van der Waals surface area contributed by atoms with Gasteiger partial charge >= 0.3 is 11.9 Å². The molecule has 0 bridgehead atoms. The monoisotopic (exact) mass is 320 g/mol. The Balaban J connectivity index is 2.22. The minimum Gasteiger partial charge on any atom is -0.478 e. The summed E-state index contributed by atoms with van der Waals surface area (Å²) in [5, 5.41) is 12.9.